The number of nitrogens with zero attached hydrogens (tertiary/aromatic N) is 2. The summed E-state index contributed by atoms with van der Waals surface area (Å²) in [6.45, 7) is 5.04. The summed E-state index contributed by atoms with van der Waals surface area (Å²) in [5.74, 6) is 0.118. The lowest BCUT2D eigenvalue weighted by Gasteiger charge is -2.40. The molecule has 0 aromatic heterocycles. The van der Waals surface area contributed by atoms with Gasteiger partial charge in [-0.2, -0.15) is 0 Å². The number of carbonyl (C=O) groups excluding carboxylic acids is 2. The highest BCUT2D eigenvalue weighted by Gasteiger charge is 2.37. The molecule has 1 aliphatic heterocycles. The quantitative estimate of drug-likeness (QED) is 0.692. The van der Waals surface area contributed by atoms with Gasteiger partial charge in [-0.25, -0.2) is 4.39 Å². The summed E-state index contributed by atoms with van der Waals surface area (Å²) >= 11 is 0. The maximum atomic E-state index is 13.5. The van der Waals surface area contributed by atoms with Crippen LogP contribution in [0.5, 0.6) is 0 Å². The highest BCUT2D eigenvalue weighted by molar-refractivity contribution is 5.94. The van der Waals surface area contributed by atoms with E-state index in [1.54, 1.807) is 6.07 Å². The van der Waals surface area contributed by atoms with Crippen molar-refractivity contribution in [3.63, 3.8) is 0 Å². The van der Waals surface area contributed by atoms with Crippen LogP contribution >= 0.6 is 0 Å². The third-order valence-corrected chi connectivity index (χ3v) is 7.07. The van der Waals surface area contributed by atoms with Crippen molar-refractivity contribution in [3.05, 3.63) is 71.0 Å². The van der Waals surface area contributed by atoms with E-state index in [1.165, 1.54) is 17.7 Å². The van der Waals surface area contributed by atoms with Crippen LogP contribution < -0.4 is 5.32 Å². The minimum atomic E-state index is -0.292. The second kappa shape index (κ2) is 10.9. The normalized spacial score (nSPS) is 18.3. The Morgan fingerprint density at radius 2 is 1.70 bits per heavy atom. The SMILES string of the molecule is CCc1ccc(C(=O)N2CCN([C@@H](C(=O)NCc3cccc(F)c3)C3CCCC3)CC2)cc1. The molecule has 0 spiro atoms. The van der Waals surface area contributed by atoms with Gasteiger partial charge in [-0.05, 0) is 60.6 Å². The monoisotopic (exact) mass is 451 g/mol. The maximum Gasteiger partial charge on any atom is 0.253 e. The lowest BCUT2D eigenvalue weighted by Crippen LogP contribution is -2.57. The summed E-state index contributed by atoms with van der Waals surface area (Å²) in [5, 5.41) is 3.04. The number of piperazine rings is 1. The summed E-state index contributed by atoms with van der Waals surface area (Å²) in [6.07, 6.45) is 5.38. The van der Waals surface area contributed by atoms with Crippen LogP contribution in [0.15, 0.2) is 48.5 Å². The second-order valence-electron chi connectivity index (χ2n) is 9.22. The Balaban J connectivity index is 1.38. The van der Waals surface area contributed by atoms with E-state index in [1.807, 2.05) is 35.2 Å². The topological polar surface area (TPSA) is 52.7 Å². The van der Waals surface area contributed by atoms with Crippen LogP contribution in [0.25, 0.3) is 0 Å². The van der Waals surface area contributed by atoms with Crippen molar-refractivity contribution in [2.75, 3.05) is 26.2 Å². The Kier molecular flexibility index (Phi) is 7.76. The van der Waals surface area contributed by atoms with E-state index in [4.69, 9.17) is 0 Å². The zero-order chi connectivity index (χ0) is 23.2. The van der Waals surface area contributed by atoms with Crippen molar-refractivity contribution in [2.45, 2.75) is 51.6 Å². The molecule has 4 rings (SSSR count). The first kappa shape index (κ1) is 23.4. The van der Waals surface area contributed by atoms with E-state index in [0.29, 0.717) is 38.6 Å². The third kappa shape index (κ3) is 5.80. The Bertz CT molecular complexity index is 948. The first-order valence-corrected chi connectivity index (χ1v) is 12.2. The van der Waals surface area contributed by atoms with Crippen LogP contribution in [-0.2, 0) is 17.8 Å². The van der Waals surface area contributed by atoms with Gasteiger partial charge < -0.3 is 10.2 Å². The fraction of sp³-hybridized carbons (Fsp3) is 0.481. The predicted octanol–water partition coefficient (Wildman–Crippen LogP) is 4.02. The van der Waals surface area contributed by atoms with E-state index < -0.39 is 0 Å². The minimum absolute atomic E-state index is 0.0149. The lowest BCUT2D eigenvalue weighted by atomic mass is 9.94. The smallest absolute Gasteiger partial charge is 0.253 e. The average molecular weight is 452 g/mol. The Morgan fingerprint density at radius 1 is 1.00 bits per heavy atom. The molecule has 1 saturated carbocycles. The van der Waals surface area contributed by atoms with Crippen molar-refractivity contribution in [1.29, 1.82) is 0 Å². The second-order valence-corrected chi connectivity index (χ2v) is 9.22. The standard InChI is InChI=1S/C27H34FN3O2/c1-2-20-10-12-23(13-11-20)27(33)31-16-14-30(15-17-31)25(22-7-3-4-8-22)26(32)29-19-21-6-5-9-24(28)18-21/h5-6,9-13,18,22,25H,2-4,7-8,14-17,19H2,1H3,(H,29,32)/t25-/m1/s1. The number of aryl methyl sites for hydroxylation is 1. The summed E-state index contributed by atoms with van der Waals surface area (Å²) < 4.78 is 13.5. The van der Waals surface area contributed by atoms with Gasteiger partial charge in [0.25, 0.3) is 5.91 Å². The molecular weight excluding hydrogens is 417 g/mol. The molecule has 5 nitrogen and oxygen atoms in total. The molecule has 1 aliphatic carbocycles. The van der Waals surface area contributed by atoms with Crippen molar-refractivity contribution in [3.8, 4) is 0 Å². The van der Waals surface area contributed by atoms with Crippen molar-refractivity contribution >= 4 is 11.8 Å². The summed E-state index contributed by atoms with van der Waals surface area (Å²) in [4.78, 5) is 30.4. The Morgan fingerprint density at radius 3 is 2.33 bits per heavy atom. The molecule has 1 N–H and O–H groups in total. The number of nitrogens with one attached hydrogen (secondary N) is 1. The van der Waals surface area contributed by atoms with Crippen molar-refractivity contribution in [1.82, 2.24) is 15.1 Å². The number of carbonyl (C=O) groups is 2. The third-order valence-electron chi connectivity index (χ3n) is 7.07. The number of halogens is 1. The van der Waals surface area contributed by atoms with Gasteiger partial charge in [0.1, 0.15) is 5.82 Å². The van der Waals surface area contributed by atoms with Gasteiger partial charge in [0.05, 0.1) is 6.04 Å². The molecule has 2 amide bonds. The molecular formula is C27H34FN3O2. The van der Waals surface area contributed by atoms with Crippen molar-refractivity contribution in [2.24, 2.45) is 5.92 Å². The molecule has 2 aliphatic rings. The molecule has 2 aromatic carbocycles. The molecule has 33 heavy (non-hydrogen) atoms. The first-order valence-electron chi connectivity index (χ1n) is 12.2. The molecule has 1 heterocycles. The summed E-state index contributed by atoms with van der Waals surface area (Å²) in [5.41, 5.74) is 2.71. The molecule has 1 saturated heterocycles. The van der Waals surface area contributed by atoms with Crippen LogP contribution in [0, 0.1) is 11.7 Å². The molecule has 0 bridgehead atoms. The number of benzene rings is 2. The van der Waals surface area contributed by atoms with E-state index in [-0.39, 0.29) is 23.7 Å². The summed E-state index contributed by atoms with van der Waals surface area (Å²) in [6, 6.07) is 14.0. The Hall–Kier alpha value is -2.73. The van der Waals surface area contributed by atoms with E-state index >= 15 is 0 Å². The van der Waals surface area contributed by atoms with Crippen LogP contribution in [0.3, 0.4) is 0 Å². The van der Waals surface area contributed by atoms with Crippen LogP contribution in [-0.4, -0.2) is 53.8 Å². The molecule has 6 heteroatoms. The maximum absolute atomic E-state index is 13.5. The predicted molar refractivity (Wildman–Crippen MR) is 127 cm³/mol. The van der Waals surface area contributed by atoms with E-state index in [9.17, 15) is 14.0 Å². The van der Waals surface area contributed by atoms with Gasteiger partial charge >= 0.3 is 0 Å². The zero-order valence-corrected chi connectivity index (χ0v) is 19.4. The van der Waals surface area contributed by atoms with Gasteiger partial charge in [0, 0.05) is 38.3 Å². The highest BCUT2D eigenvalue weighted by atomic mass is 19.1. The average Bonchev–Trinajstić information content (AvgIpc) is 3.37. The van der Waals surface area contributed by atoms with Crippen LogP contribution in [0.1, 0.15) is 54.1 Å². The van der Waals surface area contributed by atoms with Crippen LogP contribution in [0.2, 0.25) is 0 Å². The fourth-order valence-corrected chi connectivity index (χ4v) is 5.16. The van der Waals surface area contributed by atoms with E-state index in [2.05, 4.69) is 17.1 Å². The van der Waals surface area contributed by atoms with Crippen molar-refractivity contribution < 1.29 is 14.0 Å². The van der Waals surface area contributed by atoms with Gasteiger partial charge in [-0.1, -0.05) is 44.0 Å². The molecule has 0 radical (unpaired) electrons. The number of rotatable bonds is 7. The number of hydrogen-bond acceptors (Lipinski definition) is 3. The van der Waals surface area contributed by atoms with Gasteiger partial charge in [0.15, 0.2) is 0 Å². The number of amides is 2. The van der Waals surface area contributed by atoms with Gasteiger partial charge in [0.2, 0.25) is 5.91 Å². The fourth-order valence-electron chi connectivity index (χ4n) is 5.16. The highest BCUT2D eigenvalue weighted by Crippen LogP contribution is 2.31. The van der Waals surface area contributed by atoms with Gasteiger partial charge in [-0.15, -0.1) is 0 Å². The Labute approximate surface area is 196 Å². The largest absolute Gasteiger partial charge is 0.351 e. The minimum Gasteiger partial charge on any atom is -0.351 e. The molecule has 2 aromatic rings. The lowest BCUT2D eigenvalue weighted by molar-refractivity contribution is -0.129. The number of hydrogen-bond donors (Lipinski definition) is 1. The molecule has 1 atom stereocenters. The molecule has 2 fully saturated rings. The van der Waals surface area contributed by atoms with Gasteiger partial charge in [-0.3, -0.25) is 14.5 Å². The summed E-state index contributed by atoms with van der Waals surface area (Å²) in [7, 11) is 0. The first-order chi connectivity index (χ1) is 16.0. The van der Waals surface area contributed by atoms with E-state index in [0.717, 1.165) is 43.2 Å². The zero-order valence-electron chi connectivity index (χ0n) is 19.4. The molecule has 176 valence electrons. The molecule has 0 unspecified atom stereocenters. The van der Waals surface area contributed by atoms with Crippen LogP contribution in [0.4, 0.5) is 4.39 Å².